The molecule has 0 aliphatic carbocycles. The van der Waals surface area contributed by atoms with Crippen LogP contribution in [0.2, 0.25) is 0 Å². The number of primary amides is 1. The smallest absolute Gasteiger partial charge is 0.415 e. The Morgan fingerprint density at radius 3 is 2.93 bits per heavy atom. The molecule has 29 heavy (non-hydrogen) atoms. The summed E-state index contributed by atoms with van der Waals surface area (Å²) in [6.45, 7) is 0.667. The molecule has 1 atom stereocenters. The second-order valence-corrected chi connectivity index (χ2v) is 6.67. The lowest BCUT2D eigenvalue weighted by Gasteiger charge is -2.32. The third kappa shape index (κ3) is 3.67. The van der Waals surface area contributed by atoms with Crippen LogP contribution in [0.1, 0.15) is 6.42 Å². The van der Waals surface area contributed by atoms with Crippen LogP contribution in [0.4, 0.5) is 25.1 Å². The Hall–Kier alpha value is -3.37. The summed E-state index contributed by atoms with van der Waals surface area (Å²) in [6.07, 6.45) is -1.97. The van der Waals surface area contributed by atoms with E-state index in [1.54, 1.807) is 29.0 Å². The van der Waals surface area contributed by atoms with Crippen molar-refractivity contribution in [3.05, 3.63) is 24.4 Å². The van der Waals surface area contributed by atoms with Gasteiger partial charge >= 0.3 is 6.09 Å². The highest BCUT2D eigenvalue weighted by Gasteiger charge is 2.39. The van der Waals surface area contributed by atoms with Crippen LogP contribution in [-0.2, 0) is 16.1 Å². The number of hydrogen-bond donors (Lipinski definition) is 2. The summed E-state index contributed by atoms with van der Waals surface area (Å²) < 4.78 is 39.4. The molecule has 2 amide bonds. The summed E-state index contributed by atoms with van der Waals surface area (Å²) in [5.74, 6) is 0.615. The summed E-state index contributed by atoms with van der Waals surface area (Å²) in [5, 5.41) is 2.89. The van der Waals surface area contributed by atoms with Crippen molar-refractivity contribution in [3.8, 4) is 17.1 Å². The number of halogens is 2. The molecule has 1 unspecified atom stereocenters. The van der Waals surface area contributed by atoms with Crippen LogP contribution in [0.25, 0.3) is 11.4 Å². The molecular formula is C18H19F2N5O4. The minimum Gasteiger partial charge on any atom is -0.491 e. The number of ether oxygens (including phenoxy) is 2. The zero-order valence-corrected chi connectivity index (χ0v) is 15.3. The maximum absolute atomic E-state index is 13.4. The normalized spacial score (nSPS) is 18.4. The summed E-state index contributed by atoms with van der Waals surface area (Å²) in [4.78, 5) is 28.5. The number of amides is 2. The molecule has 154 valence electrons. The molecule has 1 aromatic heterocycles. The lowest BCUT2D eigenvalue weighted by Crippen LogP contribution is -2.49. The molecular weight excluding hydrogens is 388 g/mol. The first kappa shape index (κ1) is 19.0. The molecule has 0 radical (unpaired) electrons. The second-order valence-electron chi connectivity index (χ2n) is 6.67. The fourth-order valence-electron chi connectivity index (χ4n) is 3.39. The number of cyclic esters (lactones) is 1. The quantitative estimate of drug-likeness (QED) is 0.782. The summed E-state index contributed by atoms with van der Waals surface area (Å²) in [5.41, 5.74) is 6.42. The molecule has 2 aromatic rings. The fraction of sp³-hybridized carbons (Fsp3) is 0.389. The highest BCUT2D eigenvalue weighted by molar-refractivity contribution is 5.88. The van der Waals surface area contributed by atoms with Crippen molar-refractivity contribution >= 4 is 23.5 Å². The van der Waals surface area contributed by atoms with Gasteiger partial charge < -0.3 is 25.1 Å². The number of nitrogens with two attached hydrogens (primary N) is 1. The number of aromatic nitrogens is 2. The first-order valence-corrected chi connectivity index (χ1v) is 9.05. The van der Waals surface area contributed by atoms with Crippen molar-refractivity contribution in [2.45, 2.75) is 25.4 Å². The molecule has 2 aliphatic heterocycles. The van der Waals surface area contributed by atoms with Crippen LogP contribution in [0.3, 0.4) is 0 Å². The Labute approximate surface area is 164 Å². The van der Waals surface area contributed by atoms with Crippen LogP contribution in [0.15, 0.2) is 24.4 Å². The van der Waals surface area contributed by atoms with Gasteiger partial charge in [0.15, 0.2) is 5.82 Å². The average Bonchev–Trinajstić information content (AvgIpc) is 3.02. The second kappa shape index (κ2) is 7.57. The van der Waals surface area contributed by atoms with Crippen LogP contribution in [0.5, 0.6) is 5.75 Å². The molecule has 11 heteroatoms. The van der Waals surface area contributed by atoms with E-state index in [1.165, 1.54) is 0 Å². The molecule has 3 heterocycles. The zero-order valence-electron chi connectivity index (χ0n) is 15.3. The molecule has 1 aromatic carbocycles. The maximum Gasteiger partial charge on any atom is 0.415 e. The van der Waals surface area contributed by atoms with E-state index in [4.69, 9.17) is 15.2 Å². The third-order valence-corrected chi connectivity index (χ3v) is 4.75. The van der Waals surface area contributed by atoms with Gasteiger partial charge in [-0.1, -0.05) is 0 Å². The van der Waals surface area contributed by atoms with E-state index < -0.39 is 24.5 Å². The summed E-state index contributed by atoms with van der Waals surface area (Å²) >= 11 is 0. The molecule has 3 N–H and O–H groups in total. The monoisotopic (exact) mass is 407 g/mol. The zero-order chi connectivity index (χ0) is 20.5. The van der Waals surface area contributed by atoms with Crippen LogP contribution >= 0.6 is 0 Å². The van der Waals surface area contributed by atoms with Crippen molar-refractivity contribution in [3.63, 3.8) is 0 Å². The summed E-state index contributed by atoms with van der Waals surface area (Å²) in [7, 11) is 0. The minimum absolute atomic E-state index is 0.0242. The van der Waals surface area contributed by atoms with Gasteiger partial charge in [0, 0.05) is 24.4 Å². The van der Waals surface area contributed by atoms with Crippen molar-refractivity contribution in [1.29, 1.82) is 0 Å². The topological polar surface area (TPSA) is 112 Å². The van der Waals surface area contributed by atoms with E-state index in [1.807, 2.05) is 0 Å². The predicted octanol–water partition coefficient (Wildman–Crippen LogP) is 1.82. The highest BCUT2D eigenvalue weighted by atomic mass is 19.3. The van der Waals surface area contributed by atoms with Gasteiger partial charge in [-0.05, 0) is 12.1 Å². The number of nitrogens with one attached hydrogen (secondary N) is 1. The van der Waals surface area contributed by atoms with Crippen LogP contribution in [0, 0.1) is 0 Å². The Morgan fingerprint density at radius 2 is 2.17 bits per heavy atom. The van der Waals surface area contributed by atoms with Crippen LogP contribution in [-0.4, -0.2) is 53.8 Å². The van der Waals surface area contributed by atoms with E-state index in [2.05, 4.69) is 10.3 Å². The molecule has 0 bridgehead atoms. The number of imidazole rings is 1. The minimum atomic E-state index is -2.71. The highest BCUT2D eigenvalue weighted by Crippen LogP contribution is 2.36. The largest absolute Gasteiger partial charge is 0.491 e. The number of fused-ring (bicyclic) bond motifs is 3. The van der Waals surface area contributed by atoms with Gasteiger partial charge in [0.25, 0.3) is 6.43 Å². The van der Waals surface area contributed by atoms with Crippen molar-refractivity contribution < 1.29 is 27.8 Å². The van der Waals surface area contributed by atoms with Gasteiger partial charge in [-0.25, -0.2) is 18.6 Å². The lowest BCUT2D eigenvalue weighted by atomic mass is 10.1. The molecule has 1 fully saturated rings. The molecule has 9 nitrogen and oxygen atoms in total. The van der Waals surface area contributed by atoms with E-state index in [-0.39, 0.29) is 25.4 Å². The number of carbonyl (C=O) groups is 2. The Bertz CT molecular complexity index is 948. The number of rotatable bonds is 5. The number of benzene rings is 1. The van der Waals surface area contributed by atoms with Gasteiger partial charge in [0.05, 0.1) is 25.3 Å². The predicted molar refractivity (Wildman–Crippen MR) is 99.1 cm³/mol. The number of carbonyl (C=O) groups excluding carboxylic acids is 2. The molecule has 0 spiro atoms. The molecule has 2 aliphatic rings. The SMILES string of the molecule is NC(=O)CNc1ccc2c(c1)OCCn1cc(N3C(=O)OCCC3C(F)F)nc1-2. The first-order chi connectivity index (χ1) is 13.9. The van der Waals surface area contributed by atoms with E-state index in [0.29, 0.717) is 36.0 Å². The Morgan fingerprint density at radius 1 is 1.34 bits per heavy atom. The van der Waals surface area contributed by atoms with E-state index in [9.17, 15) is 18.4 Å². The molecule has 4 rings (SSSR count). The van der Waals surface area contributed by atoms with Crippen molar-refractivity contribution in [2.75, 3.05) is 30.0 Å². The number of alkyl halides is 2. The van der Waals surface area contributed by atoms with Gasteiger partial charge in [0.2, 0.25) is 5.91 Å². The molecule has 0 saturated carbocycles. The maximum atomic E-state index is 13.4. The van der Waals surface area contributed by atoms with Gasteiger partial charge in [0.1, 0.15) is 24.2 Å². The van der Waals surface area contributed by atoms with Gasteiger partial charge in [-0.15, -0.1) is 0 Å². The Balaban J connectivity index is 1.69. The van der Waals surface area contributed by atoms with E-state index in [0.717, 1.165) is 4.90 Å². The van der Waals surface area contributed by atoms with Crippen LogP contribution < -0.4 is 20.7 Å². The van der Waals surface area contributed by atoms with Crippen molar-refractivity contribution in [1.82, 2.24) is 9.55 Å². The summed E-state index contributed by atoms with van der Waals surface area (Å²) in [6, 6.07) is 3.89. The number of anilines is 2. The van der Waals surface area contributed by atoms with Crippen molar-refractivity contribution in [2.24, 2.45) is 5.73 Å². The molecule has 1 saturated heterocycles. The van der Waals surface area contributed by atoms with Gasteiger partial charge in [-0.3, -0.25) is 9.69 Å². The fourth-order valence-corrected chi connectivity index (χ4v) is 3.39. The lowest BCUT2D eigenvalue weighted by molar-refractivity contribution is -0.116. The number of nitrogens with zero attached hydrogens (tertiary/aromatic N) is 3. The van der Waals surface area contributed by atoms with Gasteiger partial charge in [-0.2, -0.15) is 0 Å². The number of hydrogen-bond acceptors (Lipinski definition) is 6. The van der Waals surface area contributed by atoms with E-state index >= 15 is 0 Å². The Kier molecular flexibility index (Phi) is 4.95. The first-order valence-electron chi connectivity index (χ1n) is 9.05. The third-order valence-electron chi connectivity index (χ3n) is 4.75. The standard InChI is InChI=1S/C18H19F2N5O4/c19-16(20)12-3-5-29-18(27)25(12)15-9-24-4-6-28-13-7-10(22-8-14(21)26)1-2-11(13)17(24)23-15/h1-2,7,9,12,16,22H,3-6,8H2,(H2,21,26). The average molecular weight is 407 g/mol.